The van der Waals surface area contributed by atoms with Crippen LogP contribution in [-0.4, -0.2) is 27.3 Å². The van der Waals surface area contributed by atoms with E-state index in [0.29, 0.717) is 13.1 Å². The maximum Gasteiger partial charge on any atom is 0.154 e. The third-order valence-electron chi connectivity index (χ3n) is 2.78. The van der Waals surface area contributed by atoms with E-state index in [9.17, 15) is 12.8 Å². The Kier molecular flexibility index (Phi) is 3.70. The molecule has 2 rings (SSSR count). The zero-order valence-electron chi connectivity index (χ0n) is 9.12. The van der Waals surface area contributed by atoms with Gasteiger partial charge in [0.2, 0.25) is 0 Å². The predicted molar refractivity (Wildman–Crippen MR) is 65.3 cm³/mol. The molecule has 17 heavy (non-hydrogen) atoms. The van der Waals surface area contributed by atoms with Crippen LogP contribution in [0.5, 0.6) is 0 Å². The molecule has 1 aromatic rings. The van der Waals surface area contributed by atoms with Gasteiger partial charge in [-0.2, -0.15) is 0 Å². The van der Waals surface area contributed by atoms with Crippen molar-refractivity contribution in [3.8, 4) is 0 Å². The first-order valence-corrected chi connectivity index (χ1v) is 7.52. The molecule has 1 N–H and O–H groups in total. The van der Waals surface area contributed by atoms with Crippen molar-refractivity contribution in [2.45, 2.75) is 5.75 Å². The highest BCUT2D eigenvalue weighted by Gasteiger charge is 2.25. The second-order valence-corrected chi connectivity index (χ2v) is 6.80. The monoisotopic (exact) mass is 277 g/mol. The van der Waals surface area contributed by atoms with Crippen LogP contribution < -0.4 is 5.32 Å². The van der Waals surface area contributed by atoms with Crippen LogP contribution in [0, 0.1) is 11.7 Å². The number of benzene rings is 1. The molecule has 1 heterocycles. The van der Waals surface area contributed by atoms with Crippen molar-refractivity contribution >= 4 is 21.4 Å². The molecule has 1 saturated heterocycles. The largest absolute Gasteiger partial charge is 0.316 e. The van der Waals surface area contributed by atoms with E-state index in [1.807, 2.05) is 0 Å². The minimum atomic E-state index is -3.30. The van der Waals surface area contributed by atoms with Crippen LogP contribution >= 0.6 is 11.6 Å². The zero-order valence-corrected chi connectivity index (χ0v) is 10.7. The topological polar surface area (TPSA) is 46.2 Å². The van der Waals surface area contributed by atoms with Crippen molar-refractivity contribution in [1.29, 1.82) is 0 Å². The molecule has 0 spiro atoms. The van der Waals surface area contributed by atoms with Crippen molar-refractivity contribution in [3.63, 3.8) is 0 Å². The number of rotatable bonds is 4. The van der Waals surface area contributed by atoms with Gasteiger partial charge in [-0.05, 0) is 18.1 Å². The summed E-state index contributed by atoms with van der Waals surface area (Å²) in [7, 11) is -3.30. The fraction of sp³-hybridized carbons (Fsp3) is 0.455. The highest BCUT2D eigenvalue weighted by molar-refractivity contribution is 7.90. The van der Waals surface area contributed by atoms with E-state index in [2.05, 4.69) is 5.32 Å². The lowest BCUT2D eigenvalue weighted by atomic mass is 10.1. The normalized spacial score (nSPS) is 16.8. The van der Waals surface area contributed by atoms with E-state index < -0.39 is 15.7 Å². The van der Waals surface area contributed by atoms with Gasteiger partial charge in [-0.1, -0.05) is 17.7 Å². The third kappa shape index (κ3) is 3.18. The van der Waals surface area contributed by atoms with Gasteiger partial charge < -0.3 is 5.32 Å². The van der Waals surface area contributed by atoms with E-state index in [0.717, 1.165) is 0 Å². The molecular weight excluding hydrogens is 265 g/mol. The summed E-state index contributed by atoms with van der Waals surface area (Å²) in [6.45, 7) is 1.43. The second kappa shape index (κ2) is 4.92. The Bertz CT molecular complexity index is 494. The van der Waals surface area contributed by atoms with Crippen molar-refractivity contribution in [3.05, 3.63) is 34.6 Å². The Morgan fingerprint density at radius 2 is 2.12 bits per heavy atom. The molecule has 0 unspecified atom stereocenters. The van der Waals surface area contributed by atoms with Crippen molar-refractivity contribution in [1.82, 2.24) is 5.32 Å². The van der Waals surface area contributed by atoms with Crippen molar-refractivity contribution < 1.29 is 12.8 Å². The van der Waals surface area contributed by atoms with E-state index in [-0.39, 0.29) is 28.0 Å². The molecule has 1 aliphatic heterocycles. The summed E-state index contributed by atoms with van der Waals surface area (Å²) >= 11 is 5.80. The Balaban J connectivity index is 2.13. The van der Waals surface area contributed by atoms with Gasteiger partial charge in [-0.15, -0.1) is 0 Å². The molecule has 0 atom stereocenters. The Labute approximate surface area is 105 Å². The van der Waals surface area contributed by atoms with Crippen LogP contribution in [0.1, 0.15) is 5.56 Å². The van der Waals surface area contributed by atoms with Gasteiger partial charge in [0, 0.05) is 23.7 Å². The van der Waals surface area contributed by atoms with Gasteiger partial charge >= 0.3 is 0 Å². The van der Waals surface area contributed by atoms with Crippen molar-refractivity contribution in [2.75, 3.05) is 18.8 Å². The number of nitrogens with one attached hydrogen (secondary N) is 1. The van der Waals surface area contributed by atoms with Gasteiger partial charge in [0.15, 0.2) is 9.84 Å². The van der Waals surface area contributed by atoms with Crippen LogP contribution in [0.4, 0.5) is 4.39 Å². The molecule has 0 radical (unpaired) electrons. The van der Waals surface area contributed by atoms with Crippen LogP contribution in [-0.2, 0) is 15.6 Å². The first-order valence-electron chi connectivity index (χ1n) is 5.32. The SMILES string of the molecule is O=S(=O)(Cc1c(F)cccc1Cl)CC1CNC1. The van der Waals surface area contributed by atoms with Gasteiger partial charge in [-0.3, -0.25) is 0 Å². The first-order chi connectivity index (χ1) is 7.98. The average molecular weight is 278 g/mol. The molecule has 0 aromatic heterocycles. The van der Waals surface area contributed by atoms with E-state index >= 15 is 0 Å². The van der Waals surface area contributed by atoms with E-state index in [1.54, 1.807) is 0 Å². The standard InChI is InChI=1S/C11H13ClFNO2S/c12-10-2-1-3-11(13)9(10)7-17(15,16)6-8-4-14-5-8/h1-3,8,14H,4-7H2. The van der Waals surface area contributed by atoms with E-state index in [1.165, 1.54) is 18.2 Å². The smallest absolute Gasteiger partial charge is 0.154 e. The molecule has 0 aliphatic carbocycles. The molecule has 1 fully saturated rings. The number of hydrogen-bond acceptors (Lipinski definition) is 3. The van der Waals surface area contributed by atoms with Gasteiger partial charge in [0.25, 0.3) is 0 Å². The number of hydrogen-bond donors (Lipinski definition) is 1. The summed E-state index contributed by atoms with van der Waals surface area (Å²) in [5, 5.41) is 3.17. The summed E-state index contributed by atoms with van der Waals surface area (Å²) in [6.07, 6.45) is 0. The maximum atomic E-state index is 13.5. The highest BCUT2D eigenvalue weighted by atomic mass is 35.5. The zero-order chi connectivity index (χ0) is 12.5. The summed E-state index contributed by atoms with van der Waals surface area (Å²) in [5.74, 6) is -0.655. The molecular formula is C11H13ClFNO2S. The van der Waals surface area contributed by atoms with Crippen LogP contribution in [0.3, 0.4) is 0 Å². The molecule has 94 valence electrons. The lowest BCUT2D eigenvalue weighted by Crippen LogP contribution is -2.45. The molecule has 0 amide bonds. The molecule has 1 aliphatic rings. The predicted octanol–water partition coefficient (Wildman–Crippen LogP) is 1.61. The first kappa shape index (κ1) is 12.8. The lowest BCUT2D eigenvalue weighted by molar-refractivity contribution is 0.378. The Morgan fingerprint density at radius 1 is 1.41 bits per heavy atom. The van der Waals surface area contributed by atoms with Crippen LogP contribution in [0.25, 0.3) is 0 Å². The summed E-state index contributed by atoms with van der Waals surface area (Å²) in [6, 6.07) is 4.19. The van der Waals surface area contributed by atoms with Gasteiger partial charge in [-0.25, -0.2) is 12.8 Å². The van der Waals surface area contributed by atoms with Crippen LogP contribution in [0.15, 0.2) is 18.2 Å². The lowest BCUT2D eigenvalue weighted by Gasteiger charge is -2.26. The molecule has 0 bridgehead atoms. The molecule has 1 aromatic carbocycles. The maximum absolute atomic E-state index is 13.5. The number of halogens is 2. The third-order valence-corrected chi connectivity index (χ3v) is 4.84. The molecule has 3 nitrogen and oxygen atoms in total. The second-order valence-electron chi connectivity index (χ2n) is 4.28. The highest BCUT2D eigenvalue weighted by Crippen LogP contribution is 2.22. The molecule has 6 heteroatoms. The van der Waals surface area contributed by atoms with Gasteiger partial charge in [0.05, 0.1) is 11.5 Å². The molecule has 0 saturated carbocycles. The van der Waals surface area contributed by atoms with E-state index in [4.69, 9.17) is 11.6 Å². The van der Waals surface area contributed by atoms with Gasteiger partial charge in [0.1, 0.15) is 5.82 Å². The quantitative estimate of drug-likeness (QED) is 0.910. The summed E-state index contributed by atoms with van der Waals surface area (Å²) in [4.78, 5) is 0. The fourth-order valence-electron chi connectivity index (χ4n) is 1.77. The Morgan fingerprint density at radius 3 is 2.65 bits per heavy atom. The fourth-order valence-corrected chi connectivity index (χ4v) is 3.89. The number of sulfone groups is 1. The minimum Gasteiger partial charge on any atom is -0.316 e. The Hall–Kier alpha value is -0.650. The van der Waals surface area contributed by atoms with Crippen LogP contribution in [0.2, 0.25) is 5.02 Å². The minimum absolute atomic E-state index is 0.0708. The summed E-state index contributed by atoms with van der Waals surface area (Å²) in [5.41, 5.74) is 0.0708. The van der Waals surface area contributed by atoms with Crippen molar-refractivity contribution in [2.24, 2.45) is 5.92 Å². The average Bonchev–Trinajstić information content (AvgIpc) is 2.18. The summed E-state index contributed by atoms with van der Waals surface area (Å²) < 4.78 is 37.2.